The van der Waals surface area contributed by atoms with Crippen LogP contribution in [0.1, 0.15) is 47.0 Å². The first-order chi connectivity index (χ1) is 6.62. The second kappa shape index (κ2) is 12.4. The summed E-state index contributed by atoms with van der Waals surface area (Å²) < 4.78 is 0. The monoisotopic (exact) mass is 203 g/mol. The molecule has 0 aromatic heterocycles. The predicted octanol–water partition coefficient (Wildman–Crippen LogP) is -0.142. The van der Waals surface area contributed by atoms with Gasteiger partial charge in [0.15, 0.2) is 0 Å². The van der Waals surface area contributed by atoms with Crippen LogP contribution in [0.25, 0.3) is 0 Å². The van der Waals surface area contributed by atoms with Crippen molar-refractivity contribution in [3.8, 4) is 0 Å². The molecule has 0 aromatic rings. The van der Waals surface area contributed by atoms with Crippen LogP contribution in [0.2, 0.25) is 0 Å². The van der Waals surface area contributed by atoms with E-state index < -0.39 is 5.97 Å². The van der Waals surface area contributed by atoms with Crippen molar-refractivity contribution in [1.29, 1.82) is 0 Å². The van der Waals surface area contributed by atoms with Crippen molar-refractivity contribution in [3.05, 3.63) is 0 Å². The van der Waals surface area contributed by atoms with Crippen LogP contribution in [-0.4, -0.2) is 25.6 Å². The molecule has 0 aliphatic carbocycles. The summed E-state index contributed by atoms with van der Waals surface area (Å²) in [6, 6.07) is 0. The Labute approximate surface area is 88.1 Å². The second-order valence-corrected chi connectivity index (χ2v) is 3.29. The molecule has 3 nitrogen and oxygen atoms in total. The number of quaternary nitrogens is 1. The zero-order valence-corrected chi connectivity index (χ0v) is 10.1. The van der Waals surface area contributed by atoms with Gasteiger partial charge >= 0.3 is 0 Å². The van der Waals surface area contributed by atoms with E-state index in [1.165, 1.54) is 19.6 Å². The molecule has 0 aliphatic rings. The van der Waals surface area contributed by atoms with Crippen molar-refractivity contribution < 1.29 is 14.8 Å². The highest BCUT2D eigenvalue weighted by Crippen LogP contribution is 1.89. The van der Waals surface area contributed by atoms with E-state index in [0.29, 0.717) is 0 Å². The Balaban J connectivity index is 0. The molecular weight excluding hydrogens is 178 g/mol. The third-order valence-corrected chi connectivity index (χ3v) is 2.23. The van der Waals surface area contributed by atoms with Crippen molar-refractivity contribution in [1.82, 2.24) is 0 Å². The van der Waals surface area contributed by atoms with Crippen LogP contribution in [0.4, 0.5) is 0 Å². The topological polar surface area (TPSA) is 44.6 Å². The standard InChI is InChI=1S/C6H15N.C5H10O2/c1-4-7(5-2)6-3;1-2-3-4-5(6)7/h4-6H2,1-3H3;2-4H2,1H3,(H,6,7). The number of nitrogens with one attached hydrogen (secondary N) is 1. The first-order valence-electron chi connectivity index (χ1n) is 5.65. The summed E-state index contributed by atoms with van der Waals surface area (Å²) >= 11 is 0. The van der Waals surface area contributed by atoms with E-state index in [0.717, 1.165) is 12.8 Å². The van der Waals surface area contributed by atoms with Gasteiger partial charge in [-0.05, 0) is 33.6 Å². The first kappa shape index (κ1) is 15.9. The van der Waals surface area contributed by atoms with E-state index in [-0.39, 0.29) is 6.42 Å². The van der Waals surface area contributed by atoms with Gasteiger partial charge in [0.25, 0.3) is 0 Å². The molecule has 0 aromatic carbocycles. The maximum Gasteiger partial charge on any atom is 0.0742 e. The van der Waals surface area contributed by atoms with E-state index in [1.54, 1.807) is 4.90 Å². The van der Waals surface area contributed by atoms with E-state index >= 15 is 0 Å². The fourth-order valence-electron chi connectivity index (χ4n) is 1.07. The molecule has 0 radical (unpaired) electrons. The summed E-state index contributed by atoms with van der Waals surface area (Å²) in [6.45, 7) is 12.4. The van der Waals surface area contributed by atoms with Gasteiger partial charge in [-0.25, -0.2) is 0 Å². The lowest BCUT2D eigenvalue weighted by Gasteiger charge is -2.10. The van der Waals surface area contributed by atoms with Gasteiger partial charge in [-0.15, -0.1) is 0 Å². The fourth-order valence-corrected chi connectivity index (χ4v) is 1.07. The molecule has 0 heterocycles. The highest BCUT2D eigenvalue weighted by Gasteiger charge is 1.92. The number of aliphatic carboxylic acids is 1. The molecule has 0 spiro atoms. The Hall–Kier alpha value is -0.570. The molecule has 0 atom stereocenters. The van der Waals surface area contributed by atoms with Crippen molar-refractivity contribution in [3.63, 3.8) is 0 Å². The number of carboxylic acids is 1. The number of unbranched alkanes of at least 4 members (excludes halogenated alkanes) is 1. The average Bonchev–Trinajstić information content (AvgIpc) is 2.18. The van der Waals surface area contributed by atoms with Gasteiger partial charge < -0.3 is 14.8 Å². The largest absolute Gasteiger partial charge is 0.550 e. The van der Waals surface area contributed by atoms with Crippen LogP contribution in [-0.2, 0) is 4.79 Å². The Kier molecular flexibility index (Phi) is 14.1. The predicted molar refractivity (Wildman–Crippen MR) is 57.1 cm³/mol. The van der Waals surface area contributed by atoms with Crippen LogP contribution in [0, 0.1) is 0 Å². The third kappa shape index (κ3) is 14.0. The number of carbonyl (C=O) groups excluding carboxylic acids is 1. The van der Waals surface area contributed by atoms with Crippen molar-refractivity contribution in [2.45, 2.75) is 47.0 Å². The summed E-state index contributed by atoms with van der Waals surface area (Å²) in [4.78, 5) is 11.3. The lowest BCUT2D eigenvalue weighted by atomic mass is 10.3. The van der Waals surface area contributed by atoms with Gasteiger partial charge in [0.2, 0.25) is 0 Å². The number of carbonyl (C=O) groups is 1. The highest BCUT2D eigenvalue weighted by atomic mass is 16.4. The van der Waals surface area contributed by atoms with E-state index in [2.05, 4.69) is 20.8 Å². The van der Waals surface area contributed by atoms with Crippen molar-refractivity contribution in [2.75, 3.05) is 19.6 Å². The molecule has 0 aliphatic heterocycles. The lowest BCUT2D eigenvalue weighted by Crippen LogP contribution is -3.11. The zero-order valence-electron chi connectivity index (χ0n) is 10.1. The van der Waals surface area contributed by atoms with Crippen LogP contribution in [0.5, 0.6) is 0 Å². The van der Waals surface area contributed by atoms with Gasteiger partial charge in [0.05, 0.1) is 19.6 Å². The van der Waals surface area contributed by atoms with Crippen LogP contribution >= 0.6 is 0 Å². The summed E-state index contributed by atoms with van der Waals surface area (Å²) in [5.74, 6) is -0.943. The number of hydrogen-bond acceptors (Lipinski definition) is 2. The summed E-state index contributed by atoms with van der Waals surface area (Å²) in [5, 5.41) is 9.65. The molecule has 14 heavy (non-hydrogen) atoms. The first-order valence-corrected chi connectivity index (χ1v) is 5.65. The fraction of sp³-hybridized carbons (Fsp3) is 0.909. The smallest absolute Gasteiger partial charge is 0.0742 e. The molecule has 3 heteroatoms. The molecule has 0 fully saturated rings. The SMILES string of the molecule is CCCCC(=O)[O-].CC[NH+](CC)CC. The Morgan fingerprint density at radius 1 is 1.07 bits per heavy atom. The van der Waals surface area contributed by atoms with Crippen molar-refractivity contribution in [2.24, 2.45) is 0 Å². The van der Waals surface area contributed by atoms with Crippen LogP contribution in [0.15, 0.2) is 0 Å². The Bertz CT molecular complexity index is 117. The normalized spacial score (nSPS) is 9.50. The molecule has 86 valence electrons. The minimum absolute atomic E-state index is 0.205. The minimum atomic E-state index is -0.943. The van der Waals surface area contributed by atoms with Crippen LogP contribution in [0.3, 0.4) is 0 Å². The molecule has 0 bridgehead atoms. The summed E-state index contributed by atoms with van der Waals surface area (Å²) in [5.41, 5.74) is 0. The molecule has 0 saturated heterocycles. The van der Waals surface area contributed by atoms with Crippen molar-refractivity contribution >= 4 is 5.97 Å². The molecule has 1 N–H and O–H groups in total. The minimum Gasteiger partial charge on any atom is -0.550 e. The number of hydrogen-bond donors (Lipinski definition) is 1. The zero-order chi connectivity index (χ0) is 11.4. The van der Waals surface area contributed by atoms with Crippen LogP contribution < -0.4 is 10.0 Å². The van der Waals surface area contributed by atoms with Gasteiger partial charge in [-0.3, -0.25) is 0 Å². The number of carboxylic acid groups (broad SMARTS) is 1. The van der Waals surface area contributed by atoms with Gasteiger partial charge in [0.1, 0.15) is 0 Å². The Morgan fingerprint density at radius 2 is 1.50 bits per heavy atom. The molecule has 0 rings (SSSR count). The second-order valence-electron chi connectivity index (χ2n) is 3.29. The average molecular weight is 203 g/mol. The van der Waals surface area contributed by atoms with E-state index in [9.17, 15) is 9.90 Å². The number of rotatable bonds is 6. The summed E-state index contributed by atoms with van der Waals surface area (Å²) in [7, 11) is 0. The van der Waals surface area contributed by atoms with Gasteiger partial charge in [0, 0.05) is 5.97 Å². The molecular formula is C11H25NO2. The highest BCUT2D eigenvalue weighted by molar-refractivity contribution is 5.63. The van der Waals surface area contributed by atoms with E-state index in [1.807, 2.05) is 6.92 Å². The third-order valence-electron chi connectivity index (χ3n) is 2.23. The van der Waals surface area contributed by atoms with E-state index in [4.69, 9.17) is 0 Å². The van der Waals surface area contributed by atoms with Gasteiger partial charge in [-0.2, -0.15) is 0 Å². The lowest BCUT2D eigenvalue weighted by molar-refractivity contribution is -0.894. The maximum absolute atomic E-state index is 9.65. The maximum atomic E-state index is 9.65. The Morgan fingerprint density at radius 3 is 1.57 bits per heavy atom. The molecule has 0 amide bonds. The van der Waals surface area contributed by atoms with Gasteiger partial charge in [-0.1, -0.05) is 13.3 Å². The molecule has 0 unspecified atom stereocenters. The summed E-state index contributed by atoms with van der Waals surface area (Å²) in [6.07, 6.45) is 1.87. The quantitative estimate of drug-likeness (QED) is 0.653. The molecule has 0 saturated carbocycles.